The molecule has 0 atom stereocenters. The van der Waals surface area contributed by atoms with E-state index in [0.717, 1.165) is 6.07 Å². The molecule has 0 amide bonds. The highest BCUT2D eigenvalue weighted by atomic mass is 35.5. The van der Waals surface area contributed by atoms with Gasteiger partial charge in [-0.25, -0.2) is 31.5 Å². The van der Waals surface area contributed by atoms with E-state index in [1.54, 1.807) is 0 Å². The molecule has 38 heavy (non-hydrogen) atoms. The second-order valence-corrected chi connectivity index (χ2v) is 12.0. The molecule has 1 aliphatic heterocycles. The second kappa shape index (κ2) is 10.6. The summed E-state index contributed by atoms with van der Waals surface area (Å²) in [4.78, 5) is 7.41. The maximum absolute atomic E-state index is 12.8. The summed E-state index contributed by atoms with van der Waals surface area (Å²) in [5, 5.41) is -0.622. The Kier molecular flexibility index (Phi) is 7.86. The summed E-state index contributed by atoms with van der Waals surface area (Å²) in [6.45, 7) is 2.68. The van der Waals surface area contributed by atoms with E-state index in [9.17, 15) is 30.0 Å². The predicted molar refractivity (Wildman–Crippen MR) is 130 cm³/mol. The minimum atomic E-state index is -4.69. The predicted octanol–water partition coefficient (Wildman–Crippen LogP) is 4.07. The van der Waals surface area contributed by atoms with Gasteiger partial charge in [-0.2, -0.15) is 17.5 Å². The van der Waals surface area contributed by atoms with Crippen LogP contribution in [0.25, 0.3) is 0 Å². The van der Waals surface area contributed by atoms with Gasteiger partial charge in [0.15, 0.2) is 5.75 Å². The number of hydrogen-bond donors (Lipinski definition) is 1. The van der Waals surface area contributed by atoms with E-state index < -0.39 is 41.7 Å². The fourth-order valence-corrected chi connectivity index (χ4v) is 6.32. The molecule has 0 spiro atoms. The quantitative estimate of drug-likeness (QED) is 0.435. The van der Waals surface area contributed by atoms with Crippen LogP contribution in [0.15, 0.2) is 58.5 Å². The second-order valence-electron chi connectivity index (χ2n) is 7.98. The third kappa shape index (κ3) is 6.18. The Morgan fingerprint density at radius 1 is 1.05 bits per heavy atom. The van der Waals surface area contributed by atoms with Crippen molar-refractivity contribution in [3.05, 3.63) is 64.9 Å². The number of nitrogens with zero attached hydrogens (tertiary/aromatic N) is 3. The van der Waals surface area contributed by atoms with Crippen LogP contribution in [0, 0.1) is 6.92 Å². The topological polar surface area (TPSA) is 128 Å². The number of benzene rings is 2. The van der Waals surface area contributed by atoms with Gasteiger partial charge in [0.2, 0.25) is 16.0 Å². The number of alkyl halides is 3. The number of rotatable bonds is 7. The minimum absolute atomic E-state index is 0.0893. The zero-order valence-electron chi connectivity index (χ0n) is 19.6. The summed E-state index contributed by atoms with van der Waals surface area (Å²) in [7, 11) is -8.08. The first-order chi connectivity index (χ1) is 17.8. The summed E-state index contributed by atoms with van der Waals surface area (Å²) >= 11 is 5.79. The molecule has 3 aromatic rings. The van der Waals surface area contributed by atoms with Gasteiger partial charge in [-0.1, -0.05) is 11.6 Å². The lowest BCUT2D eigenvalue weighted by Crippen LogP contribution is -2.40. The molecule has 1 aromatic heterocycles. The van der Waals surface area contributed by atoms with Crippen molar-refractivity contribution in [1.29, 1.82) is 0 Å². The fourth-order valence-electron chi connectivity index (χ4n) is 3.42. The highest BCUT2D eigenvalue weighted by Crippen LogP contribution is 2.34. The molecule has 10 nitrogen and oxygen atoms in total. The van der Waals surface area contributed by atoms with Crippen molar-refractivity contribution >= 4 is 37.6 Å². The smallest absolute Gasteiger partial charge is 0.416 e. The summed E-state index contributed by atoms with van der Waals surface area (Å²) in [6.07, 6.45) is -3.50. The molecule has 2 heterocycles. The van der Waals surface area contributed by atoms with E-state index >= 15 is 0 Å². The van der Waals surface area contributed by atoms with Crippen LogP contribution < -0.4 is 9.46 Å². The lowest BCUT2D eigenvalue weighted by Gasteiger charge is -2.26. The van der Waals surface area contributed by atoms with Gasteiger partial charge in [-0.05, 0) is 49.4 Å². The van der Waals surface area contributed by atoms with Crippen LogP contribution in [0.5, 0.6) is 11.5 Å². The molecule has 0 saturated carbocycles. The van der Waals surface area contributed by atoms with Crippen molar-refractivity contribution in [2.75, 3.05) is 31.0 Å². The number of anilines is 1. The normalized spacial score (nSPS) is 15.3. The van der Waals surface area contributed by atoms with E-state index in [2.05, 4.69) is 14.7 Å². The summed E-state index contributed by atoms with van der Waals surface area (Å²) < 4.78 is 104. The number of nitrogens with one attached hydrogen (secondary N) is 1. The lowest BCUT2D eigenvalue weighted by atomic mass is 10.2. The van der Waals surface area contributed by atoms with Crippen molar-refractivity contribution in [3.8, 4) is 11.5 Å². The first-order valence-electron chi connectivity index (χ1n) is 10.9. The Labute approximate surface area is 221 Å². The van der Waals surface area contributed by atoms with Crippen LogP contribution in [-0.2, 0) is 31.0 Å². The monoisotopic (exact) mass is 592 g/mol. The van der Waals surface area contributed by atoms with E-state index in [4.69, 9.17) is 21.1 Å². The number of sulfonamides is 2. The maximum Gasteiger partial charge on any atom is 0.416 e. The van der Waals surface area contributed by atoms with Gasteiger partial charge in [0.1, 0.15) is 10.6 Å². The number of aryl methyl sites for hydroxylation is 1. The van der Waals surface area contributed by atoms with Crippen LogP contribution in [0.1, 0.15) is 11.3 Å². The highest BCUT2D eigenvalue weighted by molar-refractivity contribution is 7.92. The summed E-state index contributed by atoms with van der Waals surface area (Å²) in [5.74, 6) is 0.0737. The Hall–Kier alpha value is -2.98. The number of halogens is 4. The molecule has 1 saturated heterocycles. The number of aromatic nitrogens is 2. The van der Waals surface area contributed by atoms with Crippen LogP contribution in [-0.4, -0.2) is 57.4 Å². The van der Waals surface area contributed by atoms with Crippen LogP contribution in [0.4, 0.5) is 19.1 Å². The molecule has 0 aliphatic carbocycles. The van der Waals surface area contributed by atoms with Crippen molar-refractivity contribution in [2.24, 2.45) is 0 Å². The van der Waals surface area contributed by atoms with Gasteiger partial charge in [0.25, 0.3) is 10.0 Å². The van der Waals surface area contributed by atoms with Crippen LogP contribution in [0.2, 0.25) is 5.02 Å². The van der Waals surface area contributed by atoms with Gasteiger partial charge in [0.05, 0.1) is 40.6 Å². The van der Waals surface area contributed by atoms with E-state index in [-0.39, 0.29) is 41.1 Å². The average Bonchev–Trinajstić information content (AvgIpc) is 2.85. The van der Waals surface area contributed by atoms with Crippen molar-refractivity contribution in [1.82, 2.24) is 14.3 Å². The largest absolute Gasteiger partial charge is 0.454 e. The third-order valence-electron chi connectivity index (χ3n) is 5.37. The molecule has 4 rings (SSSR count). The van der Waals surface area contributed by atoms with E-state index in [1.807, 2.05) is 0 Å². The van der Waals surface area contributed by atoms with Crippen LogP contribution >= 0.6 is 11.6 Å². The molecule has 204 valence electrons. The zero-order valence-corrected chi connectivity index (χ0v) is 22.0. The standard InChI is InChI=1S/C22H20ClF3N4O6S2/c1-14-19(36-16-3-5-17(6-4-16)38(33,34)30-8-10-35-11-9-30)13-27-21(28-14)29-37(31,32)20-7-2-15(12-18(20)23)22(24,25)26/h2-7,12-13H,8-11H2,1H3,(H,27,28,29). The molecule has 0 unspecified atom stereocenters. The molecule has 1 N–H and O–H groups in total. The first-order valence-corrected chi connectivity index (χ1v) is 14.2. The van der Waals surface area contributed by atoms with E-state index in [1.165, 1.54) is 41.7 Å². The first kappa shape index (κ1) is 28.0. The SMILES string of the molecule is Cc1nc(NS(=O)(=O)c2ccc(C(F)(F)F)cc2Cl)ncc1Oc1ccc(S(=O)(=O)N2CCOCC2)cc1. The summed E-state index contributed by atoms with van der Waals surface area (Å²) in [6, 6.07) is 7.55. The van der Waals surface area contributed by atoms with Crippen molar-refractivity contribution < 1.29 is 39.5 Å². The molecule has 2 aromatic carbocycles. The average molecular weight is 593 g/mol. The third-order valence-corrected chi connectivity index (χ3v) is 9.09. The van der Waals surface area contributed by atoms with Crippen molar-refractivity contribution in [3.63, 3.8) is 0 Å². The molecular weight excluding hydrogens is 573 g/mol. The molecular formula is C22H20ClF3N4O6S2. The van der Waals surface area contributed by atoms with Gasteiger partial charge < -0.3 is 9.47 Å². The maximum atomic E-state index is 12.8. The van der Waals surface area contributed by atoms with Gasteiger partial charge in [-0.3, -0.25) is 0 Å². The number of morpholine rings is 1. The van der Waals surface area contributed by atoms with Gasteiger partial charge in [-0.15, -0.1) is 0 Å². The fraction of sp³-hybridized carbons (Fsp3) is 0.273. The lowest BCUT2D eigenvalue weighted by molar-refractivity contribution is -0.137. The van der Waals surface area contributed by atoms with Crippen LogP contribution in [0.3, 0.4) is 0 Å². The van der Waals surface area contributed by atoms with E-state index in [0.29, 0.717) is 25.3 Å². The Bertz CT molecular complexity index is 1550. The Balaban J connectivity index is 1.47. The molecule has 16 heteroatoms. The summed E-state index contributed by atoms with van der Waals surface area (Å²) in [5.41, 5.74) is -0.872. The highest BCUT2D eigenvalue weighted by Gasteiger charge is 2.32. The molecule has 1 fully saturated rings. The number of hydrogen-bond acceptors (Lipinski definition) is 8. The Morgan fingerprint density at radius 2 is 1.71 bits per heavy atom. The number of ether oxygens (including phenoxy) is 2. The van der Waals surface area contributed by atoms with Gasteiger partial charge >= 0.3 is 6.18 Å². The van der Waals surface area contributed by atoms with Gasteiger partial charge in [0, 0.05) is 13.1 Å². The van der Waals surface area contributed by atoms with Crippen molar-refractivity contribution in [2.45, 2.75) is 22.9 Å². The Morgan fingerprint density at radius 3 is 2.29 bits per heavy atom. The molecule has 0 bridgehead atoms. The molecule has 0 radical (unpaired) electrons. The molecule has 1 aliphatic rings. The zero-order chi connectivity index (χ0) is 27.7. The minimum Gasteiger partial charge on any atom is -0.454 e.